The van der Waals surface area contributed by atoms with Crippen LogP contribution in [-0.4, -0.2) is 40.5 Å². The summed E-state index contributed by atoms with van der Waals surface area (Å²) >= 11 is 3.51. The number of benzene rings is 1. The summed E-state index contributed by atoms with van der Waals surface area (Å²) in [6.07, 6.45) is 11.1. The summed E-state index contributed by atoms with van der Waals surface area (Å²) in [5, 5.41) is 0. The molecule has 0 saturated heterocycles. The molecule has 4 nitrogen and oxygen atoms in total. The Kier molecular flexibility index (Phi) is 9.22. The van der Waals surface area contributed by atoms with Gasteiger partial charge in [-0.05, 0) is 78.1 Å². The predicted molar refractivity (Wildman–Crippen MR) is 129 cm³/mol. The van der Waals surface area contributed by atoms with Gasteiger partial charge in [0.05, 0.1) is 12.3 Å². The first-order valence-corrected chi connectivity index (χ1v) is 12.0. The van der Waals surface area contributed by atoms with Gasteiger partial charge in [-0.1, -0.05) is 38.8 Å². The van der Waals surface area contributed by atoms with Gasteiger partial charge in [-0.2, -0.15) is 0 Å². The van der Waals surface area contributed by atoms with Crippen molar-refractivity contribution in [3.8, 4) is 5.75 Å². The van der Waals surface area contributed by atoms with Crippen molar-refractivity contribution in [1.82, 2.24) is 14.3 Å². The normalized spacial score (nSPS) is 11.5. The lowest BCUT2D eigenvalue weighted by Gasteiger charge is -2.21. The van der Waals surface area contributed by atoms with Gasteiger partial charge in [-0.3, -0.25) is 0 Å². The fourth-order valence-corrected chi connectivity index (χ4v) is 3.94. The van der Waals surface area contributed by atoms with E-state index in [1.807, 2.05) is 18.3 Å². The third-order valence-corrected chi connectivity index (χ3v) is 5.79. The topological polar surface area (TPSA) is 29.8 Å². The largest absolute Gasteiger partial charge is 0.494 e. The molecule has 0 bridgehead atoms. The fraction of sp³-hybridized carbons (Fsp3) is 0.480. The quantitative estimate of drug-likeness (QED) is 0.271. The molecule has 0 fully saturated rings. The fourth-order valence-electron chi connectivity index (χ4n) is 3.59. The maximum absolute atomic E-state index is 5.98. The Bertz CT molecular complexity index is 883. The highest BCUT2D eigenvalue weighted by atomic mass is 79.9. The number of halogens is 1. The van der Waals surface area contributed by atoms with Crippen molar-refractivity contribution in [2.45, 2.75) is 52.4 Å². The molecule has 3 rings (SSSR count). The van der Waals surface area contributed by atoms with Crippen molar-refractivity contribution in [3.05, 3.63) is 64.5 Å². The summed E-state index contributed by atoms with van der Waals surface area (Å²) < 4.78 is 9.09. The Morgan fingerprint density at radius 2 is 1.60 bits per heavy atom. The number of aromatic nitrogens is 2. The van der Waals surface area contributed by atoms with E-state index in [2.05, 4.69) is 69.5 Å². The summed E-state index contributed by atoms with van der Waals surface area (Å²) in [4.78, 5) is 7.29. The van der Waals surface area contributed by atoms with E-state index in [4.69, 9.17) is 9.72 Å². The number of unbranched alkanes of at least 4 members (excludes halogenated alkanes) is 2. The number of hydrogen-bond acceptors (Lipinski definition) is 3. The Hall–Kier alpha value is -1.85. The van der Waals surface area contributed by atoms with E-state index in [1.54, 1.807) is 0 Å². The van der Waals surface area contributed by atoms with E-state index in [0.29, 0.717) is 0 Å². The van der Waals surface area contributed by atoms with Gasteiger partial charge < -0.3 is 14.0 Å². The highest BCUT2D eigenvalue weighted by molar-refractivity contribution is 9.10. The summed E-state index contributed by atoms with van der Waals surface area (Å²) in [6, 6.07) is 12.5. The third kappa shape index (κ3) is 7.13. The van der Waals surface area contributed by atoms with Crippen molar-refractivity contribution in [2.75, 3.05) is 26.2 Å². The molecule has 3 aromatic rings. The van der Waals surface area contributed by atoms with Gasteiger partial charge in [0.1, 0.15) is 11.4 Å². The van der Waals surface area contributed by atoms with E-state index < -0.39 is 0 Å². The highest BCUT2D eigenvalue weighted by Gasteiger charge is 2.06. The van der Waals surface area contributed by atoms with Crippen LogP contribution in [0.1, 0.15) is 57.2 Å². The number of rotatable bonds is 13. The van der Waals surface area contributed by atoms with E-state index in [0.717, 1.165) is 47.6 Å². The van der Waals surface area contributed by atoms with Crippen molar-refractivity contribution in [1.29, 1.82) is 0 Å². The lowest BCUT2D eigenvalue weighted by atomic mass is 10.1. The number of fused-ring (bicyclic) bond motifs is 1. The van der Waals surface area contributed by atoms with E-state index in [-0.39, 0.29) is 0 Å². The molecule has 0 atom stereocenters. The molecule has 0 amide bonds. The van der Waals surface area contributed by atoms with Gasteiger partial charge in [-0.25, -0.2) is 4.98 Å². The lowest BCUT2D eigenvalue weighted by Crippen LogP contribution is -2.28. The molecule has 5 heteroatoms. The van der Waals surface area contributed by atoms with Crippen LogP contribution in [0.5, 0.6) is 5.75 Å². The van der Waals surface area contributed by atoms with E-state index >= 15 is 0 Å². The average molecular weight is 472 g/mol. The SMILES string of the molecule is CCCCN(CCCC)CCCOc1ccc(Cc2cn3cc(Br)ccc3n2)cc1. The summed E-state index contributed by atoms with van der Waals surface area (Å²) in [5.74, 6) is 0.950. The molecule has 1 aromatic carbocycles. The number of imidazole rings is 1. The zero-order valence-corrected chi connectivity index (χ0v) is 19.9. The molecule has 0 N–H and O–H groups in total. The van der Waals surface area contributed by atoms with Crippen LogP contribution in [0, 0.1) is 0 Å². The molecular formula is C25H34BrN3O. The maximum atomic E-state index is 5.98. The summed E-state index contributed by atoms with van der Waals surface area (Å²) in [7, 11) is 0. The zero-order valence-electron chi connectivity index (χ0n) is 18.3. The third-order valence-electron chi connectivity index (χ3n) is 5.32. The number of hydrogen-bond donors (Lipinski definition) is 0. The van der Waals surface area contributed by atoms with Gasteiger partial charge in [0.15, 0.2) is 0 Å². The molecular weight excluding hydrogens is 438 g/mol. The van der Waals surface area contributed by atoms with Crippen LogP contribution in [0.3, 0.4) is 0 Å². The second kappa shape index (κ2) is 12.1. The van der Waals surface area contributed by atoms with Crippen LogP contribution in [-0.2, 0) is 6.42 Å². The van der Waals surface area contributed by atoms with Gasteiger partial charge in [0.25, 0.3) is 0 Å². The number of pyridine rings is 1. The van der Waals surface area contributed by atoms with E-state index in [9.17, 15) is 0 Å². The molecule has 162 valence electrons. The molecule has 0 aliphatic carbocycles. The Morgan fingerprint density at radius 3 is 2.30 bits per heavy atom. The predicted octanol–water partition coefficient (Wildman–Crippen LogP) is 6.36. The van der Waals surface area contributed by atoms with Crippen molar-refractivity contribution in [3.63, 3.8) is 0 Å². The molecule has 0 radical (unpaired) electrons. The minimum atomic E-state index is 0.773. The van der Waals surface area contributed by atoms with Gasteiger partial charge >= 0.3 is 0 Å². The first-order valence-electron chi connectivity index (χ1n) is 11.2. The van der Waals surface area contributed by atoms with Crippen LogP contribution < -0.4 is 4.74 Å². The van der Waals surface area contributed by atoms with Gasteiger partial charge in [0.2, 0.25) is 0 Å². The average Bonchev–Trinajstić information content (AvgIpc) is 3.15. The van der Waals surface area contributed by atoms with E-state index in [1.165, 1.54) is 44.3 Å². The van der Waals surface area contributed by atoms with Crippen LogP contribution in [0.4, 0.5) is 0 Å². The van der Waals surface area contributed by atoms with Crippen LogP contribution in [0.15, 0.2) is 53.3 Å². The second-order valence-corrected chi connectivity index (χ2v) is 8.83. The Morgan fingerprint density at radius 1 is 0.900 bits per heavy atom. The molecule has 0 spiro atoms. The van der Waals surface area contributed by atoms with Crippen molar-refractivity contribution >= 4 is 21.6 Å². The van der Waals surface area contributed by atoms with Crippen molar-refractivity contribution < 1.29 is 4.74 Å². The van der Waals surface area contributed by atoms with Crippen LogP contribution >= 0.6 is 15.9 Å². The highest BCUT2D eigenvalue weighted by Crippen LogP contribution is 2.17. The Balaban J connectivity index is 1.44. The minimum Gasteiger partial charge on any atom is -0.494 e. The summed E-state index contributed by atoms with van der Waals surface area (Å²) in [5.41, 5.74) is 3.29. The zero-order chi connectivity index (χ0) is 21.2. The minimum absolute atomic E-state index is 0.773. The van der Waals surface area contributed by atoms with Crippen LogP contribution in [0.2, 0.25) is 0 Å². The molecule has 0 saturated carbocycles. The number of ether oxygens (including phenoxy) is 1. The smallest absolute Gasteiger partial charge is 0.137 e. The molecule has 2 aromatic heterocycles. The van der Waals surface area contributed by atoms with Crippen molar-refractivity contribution in [2.24, 2.45) is 0 Å². The second-order valence-electron chi connectivity index (χ2n) is 7.92. The Labute approximate surface area is 189 Å². The van der Waals surface area contributed by atoms with Gasteiger partial charge in [-0.15, -0.1) is 0 Å². The molecule has 30 heavy (non-hydrogen) atoms. The molecule has 2 heterocycles. The standard InChI is InChI=1S/C25H34BrN3O/c1-3-5-14-28(15-6-4-2)16-7-17-30-24-11-8-21(9-12-24)18-23-20-29-19-22(26)10-13-25(29)27-23/h8-13,19-20H,3-7,14-18H2,1-2H3. The molecule has 0 unspecified atom stereocenters. The monoisotopic (exact) mass is 471 g/mol. The molecule has 0 aliphatic rings. The maximum Gasteiger partial charge on any atom is 0.137 e. The summed E-state index contributed by atoms with van der Waals surface area (Å²) in [6.45, 7) is 8.85. The van der Waals surface area contributed by atoms with Crippen LogP contribution in [0.25, 0.3) is 5.65 Å². The molecule has 0 aliphatic heterocycles. The lowest BCUT2D eigenvalue weighted by molar-refractivity contribution is 0.229. The van der Waals surface area contributed by atoms with Gasteiger partial charge in [0, 0.05) is 29.8 Å². The number of nitrogens with zero attached hydrogens (tertiary/aromatic N) is 3. The first kappa shape index (κ1) is 22.8. The first-order chi connectivity index (χ1) is 14.7.